The Bertz CT molecular complexity index is 1600. The highest BCUT2D eigenvalue weighted by Crippen LogP contribution is 2.30. The normalized spacial score (nSPS) is 12.1. The van der Waals surface area contributed by atoms with Gasteiger partial charge >= 0.3 is 6.18 Å². The van der Waals surface area contributed by atoms with Crippen LogP contribution >= 0.6 is 0 Å². The Morgan fingerprint density at radius 3 is 2.33 bits per heavy atom. The van der Waals surface area contributed by atoms with Crippen LogP contribution in [0.15, 0.2) is 66.9 Å². The predicted molar refractivity (Wildman–Crippen MR) is 140 cm³/mol. The van der Waals surface area contributed by atoms with Crippen LogP contribution in [-0.4, -0.2) is 39.6 Å². The minimum Gasteiger partial charge on any atom is -0.370 e. The number of hydrogen-bond donors (Lipinski definition) is 5. The molecule has 40 heavy (non-hydrogen) atoms. The van der Waals surface area contributed by atoms with E-state index in [2.05, 4.69) is 20.6 Å². The summed E-state index contributed by atoms with van der Waals surface area (Å²) in [5.41, 5.74) is 11.6. The summed E-state index contributed by atoms with van der Waals surface area (Å²) in [5, 5.41) is 5.52. The van der Waals surface area contributed by atoms with Gasteiger partial charge in [0.05, 0.1) is 16.8 Å². The van der Waals surface area contributed by atoms with Crippen LogP contribution in [0.4, 0.5) is 18.9 Å². The topological polar surface area (TPSA) is 173 Å². The van der Waals surface area contributed by atoms with Gasteiger partial charge in [-0.15, -0.1) is 0 Å². The molecular formula is C27H23F3N6O4. The zero-order valence-electron chi connectivity index (χ0n) is 20.7. The summed E-state index contributed by atoms with van der Waals surface area (Å²) >= 11 is 0. The Balaban J connectivity index is 1.55. The zero-order chi connectivity index (χ0) is 29.0. The minimum absolute atomic E-state index is 0.0169. The lowest BCUT2D eigenvalue weighted by Gasteiger charge is -2.14. The van der Waals surface area contributed by atoms with Crippen LogP contribution < -0.4 is 22.1 Å². The second-order valence-electron chi connectivity index (χ2n) is 8.83. The summed E-state index contributed by atoms with van der Waals surface area (Å²) in [6.45, 7) is 0. The van der Waals surface area contributed by atoms with Crippen molar-refractivity contribution >= 4 is 40.2 Å². The van der Waals surface area contributed by atoms with E-state index in [1.54, 1.807) is 30.3 Å². The van der Waals surface area contributed by atoms with Crippen LogP contribution in [-0.2, 0) is 15.8 Å². The van der Waals surface area contributed by atoms with Gasteiger partial charge in [0.15, 0.2) is 0 Å². The third kappa shape index (κ3) is 6.43. The van der Waals surface area contributed by atoms with E-state index in [0.717, 1.165) is 24.3 Å². The number of carbonyl (C=O) groups is 4. The maximum atomic E-state index is 12.9. The number of nitrogens with one attached hydrogen (secondary N) is 3. The summed E-state index contributed by atoms with van der Waals surface area (Å²) in [6.07, 6.45) is -3.22. The van der Waals surface area contributed by atoms with Crippen molar-refractivity contribution in [3.8, 4) is 11.3 Å². The molecule has 2 aromatic heterocycles. The number of benzene rings is 2. The molecule has 2 aromatic carbocycles. The van der Waals surface area contributed by atoms with Crippen molar-refractivity contribution in [2.24, 2.45) is 11.5 Å². The van der Waals surface area contributed by atoms with Crippen molar-refractivity contribution in [2.45, 2.75) is 25.1 Å². The van der Waals surface area contributed by atoms with E-state index >= 15 is 0 Å². The molecule has 4 rings (SSSR count). The molecule has 1 atom stereocenters. The number of nitrogens with zero attached hydrogens (tertiary/aromatic N) is 1. The van der Waals surface area contributed by atoms with Gasteiger partial charge in [-0.3, -0.25) is 19.2 Å². The SMILES string of the molecule is NC(=O)CC[C@H](NC(=O)c1c[nH]c2ccc(-c3cccc(C(=O)Nc4ccc(C(F)(F)F)cc4)n3)cc12)C(N)=O. The monoisotopic (exact) mass is 552 g/mol. The number of anilines is 1. The molecule has 4 amide bonds. The first-order valence-electron chi connectivity index (χ1n) is 11.9. The van der Waals surface area contributed by atoms with Gasteiger partial charge in [0.1, 0.15) is 11.7 Å². The number of halogens is 3. The molecule has 0 fully saturated rings. The molecule has 0 bridgehead atoms. The highest BCUT2D eigenvalue weighted by Gasteiger charge is 2.30. The number of aromatic nitrogens is 2. The number of amides is 4. The van der Waals surface area contributed by atoms with Gasteiger partial charge < -0.3 is 27.1 Å². The van der Waals surface area contributed by atoms with Crippen LogP contribution in [0.2, 0.25) is 0 Å². The average molecular weight is 553 g/mol. The first-order chi connectivity index (χ1) is 18.9. The number of rotatable bonds is 9. The lowest BCUT2D eigenvalue weighted by Crippen LogP contribution is -2.44. The molecule has 13 heteroatoms. The molecule has 0 aliphatic carbocycles. The van der Waals surface area contributed by atoms with Gasteiger partial charge in [0.2, 0.25) is 11.8 Å². The molecule has 0 aliphatic rings. The maximum Gasteiger partial charge on any atom is 0.416 e. The van der Waals surface area contributed by atoms with Gasteiger partial charge in [-0.1, -0.05) is 12.1 Å². The number of H-pyrrole nitrogens is 1. The van der Waals surface area contributed by atoms with Crippen molar-refractivity contribution in [1.29, 1.82) is 0 Å². The lowest BCUT2D eigenvalue weighted by atomic mass is 10.0. The fourth-order valence-corrected chi connectivity index (χ4v) is 3.94. The van der Waals surface area contributed by atoms with E-state index in [4.69, 9.17) is 11.5 Å². The fourth-order valence-electron chi connectivity index (χ4n) is 3.94. The Morgan fingerprint density at radius 1 is 0.950 bits per heavy atom. The Hall–Kier alpha value is -5.20. The van der Waals surface area contributed by atoms with Gasteiger partial charge in [-0.25, -0.2) is 4.98 Å². The predicted octanol–water partition coefficient (Wildman–Crippen LogP) is 3.35. The van der Waals surface area contributed by atoms with Crippen molar-refractivity contribution in [3.05, 3.63) is 83.7 Å². The van der Waals surface area contributed by atoms with Crippen molar-refractivity contribution in [2.75, 3.05) is 5.32 Å². The van der Waals surface area contributed by atoms with Crippen LogP contribution in [0.3, 0.4) is 0 Å². The lowest BCUT2D eigenvalue weighted by molar-refractivity contribution is -0.137. The second kappa shape index (κ2) is 11.3. The van der Waals surface area contributed by atoms with Crippen LogP contribution in [0, 0.1) is 0 Å². The van der Waals surface area contributed by atoms with Crippen molar-refractivity contribution < 1.29 is 32.3 Å². The molecule has 0 spiro atoms. The molecular weight excluding hydrogens is 529 g/mol. The highest BCUT2D eigenvalue weighted by molar-refractivity contribution is 6.09. The van der Waals surface area contributed by atoms with Crippen molar-refractivity contribution in [3.63, 3.8) is 0 Å². The largest absolute Gasteiger partial charge is 0.416 e. The van der Waals surface area contributed by atoms with Crippen molar-refractivity contribution in [1.82, 2.24) is 15.3 Å². The molecule has 4 aromatic rings. The molecule has 0 aliphatic heterocycles. The van der Waals surface area contributed by atoms with E-state index in [1.165, 1.54) is 12.3 Å². The molecule has 0 saturated carbocycles. The Labute approximate surface area is 224 Å². The van der Waals surface area contributed by atoms with Gasteiger partial charge in [-0.2, -0.15) is 13.2 Å². The summed E-state index contributed by atoms with van der Waals surface area (Å²) < 4.78 is 38.4. The number of fused-ring (bicyclic) bond motifs is 1. The smallest absolute Gasteiger partial charge is 0.370 e. The molecule has 0 radical (unpaired) electrons. The van der Waals surface area contributed by atoms with Crippen LogP contribution in [0.5, 0.6) is 0 Å². The highest BCUT2D eigenvalue weighted by atomic mass is 19.4. The zero-order valence-corrected chi connectivity index (χ0v) is 20.7. The number of hydrogen-bond acceptors (Lipinski definition) is 5. The third-order valence-electron chi connectivity index (χ3n) is 6.00. The van der Waals surface area contributed by atoms with Gasteiger partial charge in [0, 0.05) is 34.8 Å². The number of nitrogens with two attached hydrogens (primary N) is 2. The number of pyridine rings is 1. The maximum absolute atomic E-state index is 12.9. The number of alkyl halides is 3. The molecule has 10 nitrogen and oxygen atoms in total. The fraction of sp³-hybridized carbons (Fsp3) is 0.148. The van der Waals surface area contributed by atoms with E-state index in [0.29, 0.717) is 22.2 Å². The van der Waals surface area contributed by atoms with E-state index in [-0.39, 0.29) is 29.8 Å². The molecule has 0 unspecified atom stereocenters. The van der Waals surface area contributed by atoms with Gasteiger partial charge in [-0.05, 0) is 55.0 Å². The number of carbonyl (C=O) groups excluding carboxylic acids is 4. The summed E-state index contributed by atoms with van der Waals surface area (Å²) in [7, 11) is 0. The Kier molecular flexibility index (Phi) is 7.84. The van der Waals surface area contributed by atoms with E-state index in [1.807, 2.05) is 0 Å². The summed E-state index contributed by atoms with van der Waals surface area (Å²) in [5.74, 6) is -2.68. The van der Waals surface area contributed by atoms with Gasteiger partial charge in [0.25, 0.3) is 11.8 Å². The summed E-state index contributed by atoms with van der Waals surface area (Å²) in [6, 6.07) is 12.7. The molecule has 206 valence electrons. The minimum atomic E-state index is -4.49. The first kappa shape index (κ1) is 27.8. The van der Waals surface area contributed by atoms with Crippen LogP contribution in [0.1, 0.15) is 39.3 Å². The van der Waals surface area contributed by atoms with Crippen LogP contribution in [0.25, 0.3) is 22.2 Å². The molecule has 2 heterocycles. The number of primary amides is 2. The molecule has 0 saturated heterocycles. The van der Waals surface area contributed by atoms with E-state index < -0.39 is 41.4 Å². The van der Waals surface area contributed by atoms with E-state index in [9.17, 15) is 32.3 Å². The first-order valence-corrected chi connectivity index (χ1v) is 11.9. The third-order valence-corrected chi connectivity index (χ3v) is 6.00. The average Bonchev–Trinajstić information content (AvgIpc) is 3.34. The number of aromatic amines is 1. The quantitative estimate of drug-likeness (QED) is 0.214. The Morgan fingerprint density at radius 2 is 1.68 bits per heavy atom. The second-order valence-corrected chi connectivity index (χ2v) is 8.83. The summed E-state index contributed by atoms with van der Waals surface area (Å²) in [4.78, 5) is 55.8. The molecule has 7 N–H and O–H groups in total. The standard InChI is InChI=1S/C27H23F3N6O4/c28-27(29,30)15-5-7-16(8-6-15)34-26(40)22-3-1-2-19(35-22)14-4-9-20-17(12-14)18(13-33-20)25(39)36-21(24(32)38)10-11-23(31)37/h1-9,12-13,21,33H,10-11H2,(H2,31,37)(H2,32,38)(H,34,40)(H,36,39)/t21-/m0/s1.